The maximum atomic E-state index is 6.35. The summed E-state index contributed by atoms with van der Waals surface area (Å²) in [5.41, 5.74) is 1.23. The van der Waals surface area contributed by atoms with E-state index < -0.39 is 0 Å². The Morgan fingerprint density at radius 3 is 3.17 bits per heavy atom. The number of hydrogen-bond donors (Lipinski definition) is 0. The molecule has 2 unspecified atom stereocenters. The average Bonchev–Trinajstić information content (AvgIpc) is 2.95. The van der Waals surface area contributed by atoms with E-state index in [1.165, 1.54) is 19.3 Å². The molecule has 0 radical (unpaired) electrons. The van der Waals surface area contributed by atoms with Crippen LogP contribution in [0.4, 0.5) is 0 Å². The summed E-state index contributed by atoms with van der Waals surface area (Å²) in [6.45, 7) is 6.92. The zero-order chi connectivity index (χ0) is 16.8. The summed E-state index contributed by atoms with van der Waals surface area (Å²) < 4.78 is 11.5. The lowest BCUT2D eigenvalue weighted by molar-refractivity contribution is -0.0538. The van der Waals surface area contributed by atoms with Crippen molar-refractivity contribution in [1.29, 1.82) is 0 Å². The zero-order valence-corrected chi connectivity index (χ0v) is 15.1. The van der Waals surface area contributed by atoms with E-state index in [0.29, 0.717) is 5.92 Å². The van der Waals surface area contributed by atoms with Crippen LogP contribution in [0.5, 0.6) is 0 Å². The first-order valence-corrected chi connectivity index (χ1v) is 9.13. The lowest BCUT2D eigenvalue weighted by Crippen LogP contribution is -2.47. The first kappa shape index (κ1) is 17.8. The first-order chi connectivity index (χ1) is 11.7. The molecular weight excluding hydrogens is 302 g/mol. The predicted molar refractivity (Wildman–Crippen MR) is 94.9 cm³/mol. The summed E-state index contributed by atoms with van der Waals surface area (Å²) in [5.74, 6) is 0.640. The summed E-state index contributed by atoms with van der Waals surface area (Å²) in [6.07, 6.45) is 5.49. The number of pyridine rings is 1. The molecule has 134 valence electrons. The monoisotopic (exact) mass is 333 g/mol. The van der Waals surface area contributed by atoms with Gasteiger partial charge < -0.3 is 14.4 Å². The number of nitrogens with zero attached hydrogens (tertiary/aromatic N) is 3. The lowest BCUT2D eigenvalue weighted by atomic mass is 9.86. The molecule has 1 spiro atoms. The minimum Gasteiger partial charge on any atom is -0.383 e. The topological polar surface area (TPSA) is 37.8 Å². The van der Waals surface area contributed by atoms with Crippen LogP contribution in [-0.2, 0) is 16.0 Å². The highest BCUT2D eigenvalue weighted by Gasteiger charge is 2.43. The summed E-state index contributed by atoms with van der Waals surface area (Å²) >= 11 is 0. The quantitative estimate of drug-likeness (QED) is 0.763. The van der Waals surface area contributed by atoms with E-state index in [9.17, 15) is 0 Å². The number of piperidine rings is 1. The smallest absolute Gasteiger partial charge is 0.0813 e. The van der Waals surface area contributed by atoms with Gasteiger partial charge in [-0.15, -0.1) is 0 Å². The van der Waals surface area contributed by atoms with E-state index >= 15 is 0 Å². The molecule has 5 heteroatoms. The van der Waals surface area contributed by atoms with Gasteiger partial charge in [0.2, 0.25) is 0 Å². The summed E-state index contributed by atoms with van der Waals surface area (Å²) in [6, 6.07) is 6.16. The van der Waals surface area contributed by atoms with Gasteiger partial charge >= 0.3 is 0 Å². The maximum Gasteiger partial charge on any atom is 0.0813 e. The normalized spacial score (nSPS) is 28.0. The Labute approximate surface area is 145 Å². The molecule has 3 heterocycles. The van der Waals surface area contributed by atoms with Crippen molar-refractivity contribution in [2.75, 3.05) is 53.6 Å². The SMILES string of the molecule is COCCN(C)CC1COC2(CCCN(Cc3ccccn3)C2)C1. The van der Waals surface area contributed by atoms with Gasteiger partial charge in [0.05, 0.1) is 24.5 Å². The van der Waals surface area contributed by atoms with Crippen LogP contribution >= 0.6 is 0 Å². The van der Waals surface area contributed by atoms with Gasteiger partial charge in [-0.1, -0.05) is 6.07 Å². The molecular formula is C19H31N3O2. The molecule has 1 aromatic rings. The van der Waals surface area contributed by atoms with E-state index in [0.717, 1.165) is 51.6 Å². The van der Waals surface area contributed by atoms with Gasteiger partial charge in [0.15, 0.2) is 0 Å². The summed E-state index contributed by atoms with van der Waals surface area (Å²) in [5, 5.41) is 0. The Bertz CT molecular complexity index is 499. The number of likely N-dealkylation sites (tertiary alicyclic amines) is 1. The Hall–Kier alpha value is -1.01. The Morgan fingerprint density at radius 2 is 2.38 bits per heavy atom. The highest BCUT2D eigenvalue weighted by molar-refractivity contribution is 5.04. The third-order valence-corrected chi connectivity index (χ3v) is 5.26. The third-order valence-electron chi connectivity index (χ3n) is 5.26. The van der Waals surface area contributed by atoms with Gasteiger partial charge in [-0.05, 0) is 50.9 Å². The van der Waals surface area contributed by atoms with Gasteiger partial charge in [-0.25, -0.2) is 0 Å². The van der Waals surface area contributed by atoms with E-state index in [1.54, 1.807) is 7.11 Å². The Balaban J connectivity index is 1.50. The van der Waals surface area contributed by atoms with Crippen LogP contribution < -0.4 is 0 Å². The Morgan fingerprint density at radius 1 is 1.46 bits per heavy atom. The number of aromatic nitrogens is 1. The van der Waals surface area contributed by atoms with Crippen LogP contribution in [0.2, 0.25) is 0 Å². The molecule has 2 atom stereocenters. The van der Waals surface area contributed by atoms with E-state index in [-0.39, 0.29) is 5.60 Å². The van der Waals surface area contributed by atoms with Crippen molar-refractivity contribution in [1.82, 2.24) is 14.8 Å². The van der Waals surface area contributed by atoms with Crippen LogP contribution in [0.1, 0.15) is 25.0 Å². The van der Waals surface area contributed by atoms with Gasteiger partial charge in [-0.3, -0.25) is 9.88 Å². The lowest BCUT2D eigenvalue weighted by Gasteiger charge is -2.39. The maximum absolute atomic E-state index is 6.35. The summed E-state index contributed by atoms with van der Waals surface area (Å²) in [7, 11) is 3.94. The van der Waals surface area contributed by atoms with Crippen molar-refractivity contribution in [2.45, 2.75) is 31.4 Å². The zero-order valence-electron chi connectivity index (χ0n) is 15.1. The second-order valence-corrected chi connectivity index (χ2v) is 7.45. The van der Waals surface area contributed by atoms with Gasteiger partial charge in [0.25, 0.3) is 0 Å². The van der Waals surface area contributed by atoms with Gasteiger partial charge in [0.1, 0.15) is 0 Å². The fourth-order valence-electron chi connectivity index (χ4n) is 4.17. The van der Waals surface area contributed by atoms with Crippen molar-refractivity contribution < 1.29 is 9.47 Å². The van der Waals surface area contributed by atoms with Crippen LogP contribution in [0, 0.1) is 5.92 Å². The molecule has 0 N–H and O–H groups in total. The molecule has 3 rings (SSSR count). The standard InChI is InChI=1S/C19H31N3O2/c1-21(10-11-23-2)13-17-12-19(24-15-17)7-5-9-22(16-19)14-18-6-3-4-8-20-18/h3-4,6,8,17H,5,7,9-16H2,1-2H3. The molecule has 0 amide bonds. The molecule has 2 fully saturated rings. The van der Waals surface area contributed by atoms with E-state index in [2.05, 4.69) is 34.0 Å². The highest BCUT2D eigenvalue weighted by Crippen LogP contribution is 2.38. The number of ether oxygens (including phenoxy) is 2. The fraction of sp³-hybridized carbons (Fsp3) is 0.737. The fourth-order valence-corrected chi connectivity index (χ4v) is 4.17. The highest BCUT2D eigenvalue weighted by atomic mass is 16.5. The van der Waals surface area contributed by atoms with Gasteiger partial charge in [0, 0.05) is 39.5 Å². The average molecular weight is 333 g/mol. The molecule has 1 aromatic heterocycles. The Kier molecular flexibility index (Phi) is 6.22. The minimum absolute atomic E-state index is 0.0692. The number of rotatable bonds is 7. The number of likely N-dealkylation sites (N-methyl/N-ethyl adjacent to an activating group) is 1. The molecule has 0 bridgehead atoms. The van der Waals surface area contributed by atoms with Crippen molar-refractivity contribution >= 4 is 0 Å². The summed E-state index contributed by atoms with van der Waals surface area (Å²) in [4.78, 5) is 9.35. The minimum atomic E-state index is 0.0692. The molecule has 5 nitrogen and oxygen atoms in total. The molecule has 24 heavy (non-hydrogen) atoms. The molecule has 2 aliphatic heterocycles. The van der Waals surface area contributed by atoms with Crippen molar-refractivity contribution in [2.24, 2.45) is 5.92 Å². The third kappa shape index (κ3) is 4.76. The molecule has 2 saturated heterocycles. The van der Waals surface area contributed by atoms with E-state index in [4.69, 9.17) is 9.47 Å². The van der Waals surface area contributed by atoms with E-state index in [1.807, 2.05) is 12.3 Å². The van der Waals surface area contributed by atoms with Crippen molar-refractivity contribution in [3.05, 3.63) is 30.1 Å². The number of methoxy groups -OCH3 is 1. The van der Waals surface area contributed by atoms with Crippen LogP contribution in [0.25, 0.3) is 0 Å². The molecule has 0 saturated carbocycles. The molecule has 2 aliphatic rings. The van der Waals surface area contributed by atoms with Crippen LogP contribution in [-0.4, -0.2) is 73.9 Å². The second-order valence-electron chi connectivity index (χ2n) is 7.45. The van der Waals surface area contributed by atoms with Crippen LogP contribution in [0.3, 0.4) is 0 Å². The molecule has 0 aromatic carbocycles. The second kappa shape index (κ2) is 8.39. The molecule has 0 aliphatic carbocycles. The van der Waals surface area contributed by atoms with Crippen molar-refractivity contribution in [3.63, 3.8) is 0 Å². The van der Waals surface area contributed by atoms with Crippen molar-refractivity contribution in [3.8, 4) is 0 Å². The number of hydrogen-bond acceptors (Lipinski definition) is 5. The largest absolute Gasteiger partial charge is 0.383 e. The van der Waals surface area contributed by atoms with Gasteiger partial charge in [-0.2, -0.15) is 0 Å². The predicted octanol–water partition coefficient (Wildman–Crippen LogP) is 2.03. The first-order valence-electron chi connectivity index (χ1n) is 9.13. The van der Waals surface area contributed by atoms with Crippen LogP contribution in [0.15, 0.2) is 24.4 Å².